The second-order valence-electron chi connectivity index (χ2n) is 1.53. The highest BCUT2D eigenvalue weighted by molar-refractivity contribution is 5.13. The van der Waals surface area contributed by atoms with Gasteiger partial charge in [0.2, 0.25) is 0 Å². The molecule has 0 atom stereocenters. The van der Waals surface area contributed by atoms with Crippen LogP contribution in [0.25, 0.3) is 0 Å². The molecule has 0 unspecified atom stereocenters. The average molecular weight is 134 g/mol. The van der Waals surface area contributed by atoms with Crippen molar-refractivity contribution in [3.8, 4) is 0 Å². The summed E-state index contributed by atoms with van der Waals surface area (Å²) in [6.45, 7) is 5.53. The third-order valence-electron chi connectivity index (χ3n) is 0.773. The van der Waals surface area contributed by atoms with Crippen molar-refractivity contribution in [3.63, 3.8) is 0 Å². The van der Waals surface area contributed by atoms with Crippen LogP contribution in [-0.2, 0) is 0 Å². The molecule has 0 aromatic rings. The van der Waals surface area contributed by atoms with E-state index in [-0.39, 0.29) is 6.15 Å². The first-order valence-corrected chi connectivity index (χ1v) is 2.99. The van der Waals surface area contributed by atoms with Crippen LogP contribution in [0, 0.1) is 0 Å². The van der Waals surface area contributed by atoms with Crippen LogP contribution in [0.3, 0.4) is 0 Å². The Morgan fingerprint density at radius 1 is 0.900 bits per heavy atom. The first-order chi connectivity index (χ1) is 4.41. The fourth-order valence-corrected chi connectivity index (χ4v) is 0.382. The van der Waals surface area contributed by atoms with Gasteiger partial charge in [0.15, 0.2) is 0 Å². The molecule has 0 heterocycles. The molecule has 0 aliphatic rings. The maximum absolute atomic E-state index is 3.54. The van der Waals surface area contributed by atoms with Crippen molar-refractivity contribution < 1.29 is 0 Å². The van der Waals surface area contributed by atoms with E-state index in [4.69, 9.17) is 0 Å². The van der Waals surface area contributed by atoms with E-state index >= 15 is 0 Å². The second-order valence-corrected chi connectivity index (χ2v) is 1.53. The van der Waals surface area contributed by atoms with E-state index < -0.39 is 0 Å². The predicted octanol–water partition coefficient (Wildman–Crippen LogP) is 2.38. The molecule has 0 aromatic heterocycles. The van der Waals surface area contributed by atoms with E-state index in [1.165, 1.54) is 0 Å². The molecular formula is C9H12N. The van der Waals surface area contributed by atoms with Crippen LogP contribution >= 0.6 is 0 Å². The van der Waals surface area contributed by atoms with Crippen LogP contribution in [0.2, 0.25) is 0 Å². The maximum atomic E-state index is 3.54. The molecule has 0 saturated heterocycles. The van der Waals surface area contributed by atoms with Crippen molar-refractivity contribution in [2.75, 3.05) is 0 Å². The minimum absolute atomic E-state index is 0. The van der Waals surface area contributed by atoms with E-state index in [2.05, 4.69) is 6.58 Å². The van der Waals surface area contributed by atoms with Crippen LogP contribution in [0.4, 0.5) is 0 Å². The van der Waals surface area contributed by atoms with Crippen LogP contribution < -0.4 is 6.15 Å². The van der Waals surface area contributed by atoms with Gasteiger partial charge in [0.25, 0.3) is 0 Å². The second kappa shape index (κ2) is 10.8. The summed E-state index contributed by atoms with van der Waals surface area (Å²) in [6, 6.07) is 0. The van der Waals surface area contributed by atoms with Gasteiger partial charge < -0.3 is 0 Å². The Balaban J connectivity index is 0. The highest BCUT2D eigenvalue weighted by Crippen LogP contribution is 1.79. The van der Waals surface area contributed by atoms with Gasteiger partial charge in [0.05, 0.1) is 0 Å². The van der Waals surface area contributed by atoms with Crippen molar-refractivity contribution in [3.05, 3.63) is 49.1 Å². The van der Waals surface area contributed by atoms with Gasteiger partial charge in [-0.05, 0) is 6.92 Å². The molecule has 0 fully saturated rings. The van der Waals surface area contributed by atoms with E-state index in [0.29, 0.717) is 0 Å². The van der Waals surface area contributed by atoms with Crippen LogP contribution in [0.15, 0.2) is 49.1 Å². The lowest BCUT2D eigenvalue weighted by molar-refractivity contribution is 1.73. The van der Waals surface area contributed by atoms with Gasteiger partial charge in [-0.3, -0.25) is 0 Å². The van der Waals surface area contributed by atoms with Crippen molar-refractivity contribution in [1.29, 1.82) is 0 Å². The Labute approximate surface area is 63.0 Å². The Morgan fingerprint density at radius 3 is 1.90 bits per heavy atom. The summed E-state index contributed by atoms with van der Waals surface area (Å²) in [7, 11) is 0. The Kier molecular flexibility index (Phi) is 12.6. The molecule has 0 rings (SSSR count). The van der Waals surface area contributed by atoms with Crippen LogP contribution in [0.1, 0.15) is 6.92 Å². The van der Waals surface area contributed by atoms with E-state index in [0.717, 1.165) is 0 Å². The SMILES string of the molecule is C=CC=CC=CC=CC.[N]. The lowest BCUT2D eigenvalue weighted by atomic mass is 10.4. The molecule has 53 valence electrons. The van der Waals surface area contributed by atoms with E-state index in [1.54, 1.807) is 6.08 Å². The molecule has 0 N–H and O–H groups in total. The molecule has 0 amide bonds. The molecule has 10 heavy (non-hydrogen) atoms. The zero-order valence-electron chi connectivity index (χ0n) is 6.20. The molecule has 1 nitrogen and oxygen atoms in total. The van der Waals surface area contributed by atoms with Crippen molar-refractivity contribution in [2.24, 2.45) is 0 Å². The number of rotatable bonds is 3. The summed E-state index contributed by atoms with van der Waals surface area (Å²) in [5, 5.41) is 0. The largest absolute Gasteiger partial charge is 0.0991 e. The Hall–Kier alpha value is -1.08. The summed E-state index contributed by atoms with van der Waals surface area (Å²) in [5.41, 5.74) is 0. The molecule has 0 aliphatic heterocycles. The first kappa shape index (κ1) is 11.7. The highest BCUT2D eigenvalue weighted by Gasteiger charge is 1.57. The standard InChI is InChI=1S/C9H12.N/c1-3-5-7-9-8-6-4-2;/h3-9H,1H2,2H3;. The average Bonchev–Trinajstić information content (AvgIpc) is 1.89. The number of allylic oxidation sites excluding steroid dienone is 7. The quantitative estimate of drug-likeness (QED) is 0.530. The van der Waals surface area contributed by atoms with Crippen molar-refractivity contribution >= 4 is 0 Å². The fraction of sp³-hybridized carbons (Fsp3) is 0.111. The third-order valence-corrected chi connectivity index (χ3v) is 0.773. The topological polar surface area (TPSA) is 30.5 Å². The smallest absolute Gasteiger partial charge is 0 e. The zero-order valence-corrected chi connectivity index (χ0v) is 6.20. The van der Waals surface area contributed by atoms with E-state index in [1.807, 2.05) is 43.4 Å². The van der Waals surface area contributed by atoms with Gasteiger partial charge in [-0.1, -0.05) is 49.1 Å². The summed E-state index contributed by atoms with van der Waals surface area (Å²) in [5.74, 6) is 0. The van der Waals surface area contributed by atoms with Crippen LogP contribution in [0.5, 0.6) is 0 Å². The van der Waals surface area contributed by atoms with Gasteiger partial charge in [0.1, 0.15) is 0 Å². The molecule has 0 aromatic carbocycles. The zero-order chi connectivity index (χ0) is 6.95. The Bertz CT molecular complexity index is 141. The molecule has 3 radical (unpaired) electrons. The summed E-state index contributed by atoms with van der Waals surface area (Å²) in [6.07, 6.45) is 13.5. The summed E-state index contributed by atoms with van der Waals surface area (Å²) < 4.78 is 0. The minimum atomic E-state index is 0. The number of hydrogen-bond acceptors (Lipinski definition) is 0. The third kappa shape index (κ3) is 10.0. The molecule has 0 saturated carbocycles. The predicted molar refractivity (Wildman–Crippen MR) is 45.4 cm³/mol. The molecule has 1 heteroatoms. The van der Waals surface area contributed by atoms with Crippen LogP contribution in [-0.4, -0.2) is 0 Å². The fourth-order valence-electron chi connectivity index (χ4n) is 0.382. The van der Waals surface area contributed by atoms with Gasteiger partial charge >= 0.3 is 0 Å². The van der Waals surface area contributed by atoms with E-state index in [9.17, 15) is 0 Å². The Morgan fingerprint density at radius 2 is 1.40 bits per heavy atom. The highest BCUT2D eigenvalue weighted by atomic mass is 14.0. The van der Waals surface area contributed by atoms with Crippen molar-refractivity contribution in [1.82, 2.24) is 6.15 Å². The molecule has 0 bridgehead atoms. The van der Waals surface area contributed by atoms with Crippen molar-refractivity contribution in [2.45, 2.75) is 6.92 Å². The van der Waals surface area contributed by atoms with Gasteiger partial charge in [-0.15, -0.1) is 0 Å². The molecule has 0 aliphatic carbocycles. The first-order valence-electron chi connectivity index (χ1n) is 2.99. The summed E-state index contributed by atoms with van der Waals surface area (Å²) in [4.78, 5) is 0. The van der Waals surface area contributed by atoms with Gasteiger partial charge in [-0.25, -0.2) is 0 Å². The lowest BCUT2D eigenvalue weighted by Gasteiger charge is -1.69. The lowest BCUT2D eigenvalue weighted by Crippen LogP contribution is -1.47. The monoisotopic (exact) mass is 134 g/mol. The molecular weight excluding hydrogens is 122 g/mol. The van der Waals surface area contributed by atoms with Gasteiger partial charge in [0, 0.05) is 6.15 Å². The normalized spacial score (nSPS) is 10.9. The summed E-state index contributed by atoms with van der Waals surface area (Å²) >= 11 is 0. The minimum Gasteiger partial charge on any atom is -0.0991 e. The number of hydrogen-bond donors (Lipinski definition) is 0. The molecule has 0 spiro atoms. The van der Waals surface area contributed by atoms with Gasteiger partial charge in [-0.2, -0.15) is 0 Å². The number of nitrogens with zero attached hydrogens (tertiary/aromatic N) is 1. The maximum Gasteiger partial charge on any atom is 0 e.